The fraction of sp³-hybridized carbons (Fsp3) is 0.667. The predicted octanol–water partition coefficient (Wildman–Crippen LogP) is 1.98. The molecule has 0 aromatic carbocycles. The Morgan fingerprint density at radius 2 is 2.00 bits per heavy atom. The molecule has 0 saturated heterocycles. The van der Waals surface area contributed by atoms with Gasteiger partial charge in [-0.05, 0) is 37.6 Å². The van der Waals surface area contributed by atoms with Crippen molar-refractivity contribution in [3.8, 4) is 0 Å². The van der Waals surface area contributed by atoms with E-state index in [1.54, 1.807) is 11.4 Å². The first-order chi connectivity index (χ1) is 10.7. The molecular formula is C15H26N2O4S2. The minimum Gasteiger partial charge on any atom is -0.379 e. The number of hydrogen-bond donors (Lipinski definition) is 2. The van der Waals surface area contributed by atoms with Crippen LogP contribution in [0, 0.1) is 5.92 Å². The fourth-order valence-electron chi connectivity index (χ4n) is 1.85. The molecule has 132 valence electrons. The third-order valence-corrected chi connectivity index (χ3v) is 5.90. The highest BCUT2D eigenvalue weighted by molar-refractivity contribution is 7.91. The summed E-state index contributed by atoms with van der Waals surface area (Å²) >= 11 is 1.12. The summed E-state index contributed by atoms with van der Waals surface area (Å²) in [5.74, 6) is -0.471. The maximum atomic E-state index is 12.3. The smallest absolute Gasteiger partial charge is 0.250 e. The summed E-state index contributed by atoms with van der Waals surface area (Å²) in [7, 11) is -3.67. The van der Waals surface area contributed by atoms with Crippen molar-refractivity contribution < 1.29 is 17.9 Å². The number of carbonyl (C=O) groups is 1. The van der Waals surface area contributed by atoms with Crippen molar-refractivity contribution in [2.45, 2.75) is 50.5 Å². The van der Waals surface area contributed by atoms with Gasteiger partial charge in [0.1, 0.15) is 10.3 Å². The van der Waals surface area contributed by atoms with Crippen LogP contribution in [0.15, 0.2) is 21.7 Å². The molecule has 1 amide bonds. The average molecular weight is 363 g/mol. The van der Waals surface area contributed by atoms with Crippen LogP contribution in [0.4, 0.5) is 0 Å². The predicted molar refractivity (Wildman–Crippen MR) is 92.0 cm³/mol. The van der Waals surface area contributed by atoms with E-state index in [0.29, 0.717) is 19.6 Å². The lowest BCUT2D eigenvalue weighted by Gasteiger charge is -2.21. The Morgan fingerprint density at radius 3 is 2.52 bits per heavy atom. The van der Waals surface area contributed by atoms with E-state index in [2.05, 4.69) is 10.0 Å². The van der Waals surface area contributed by atoms with Gasteiger partial charge in [-0.15, -0.1) is 11.3 Å². The van der Waals surface area contributed by atoms with Crippen molar-refractivity contribution in [1.29, 1.82) is 0 Å². The van der Waals surface area contributed by atoms with E-state index >= 15 is 0 Å². The Labute approximate surface area is 142 Å². The zero-order valence-corrected chi connectivity index (χ0v) is 15.7. The van der Waals surface area contributed by atoms with E-state index in [0.717, 1.165) is 11.3 Å². The van der Waals surface area contributed by atoms with Gasteiger partial charge >= 0.3 is 0 Å². The van der Waals surface area contributed by atoms with Crippen LogP contribution >= 0.6 is 11.3 Å². The summed E-state index contributed by atoms with van der Waals surface area (Å²) in [6.45, 7) is 8.53. The molecule has 6 nitrogen and oxygen atoms in total. The number of ether oxygens (including phenoxy) is 1. The van der Waals surface area contributed by atoms with Crippen LogP contribution in [-0.4, -0.2) is 39.6 Å². The topological polar surface area (TPSA) is 84.5 Å². The number of thiophene rings is 1. The lowest BCUT2D eigenvalue weighted by Crippen LogP contribution is -2.49. The summed E-state index contributed by atoms with van der Waals surface area (Å²) in [6, 6.07) is 2.39. The molecule has 1 rings (SSSR count). The average Bonchev–Trinajstić information content (AvgIpc) is 2.98. The van der Waals surface area contributed by atoms with E-state index in [1.165, 1.54) is 6.07 Å². The van der Waals surface area contributed by atoms with E-state index in [1.807, 2.05) is 27.7 Å². The van der Waals surface area contributed by atoms with Gasteiger partial charge in [0.25, 0.3) is 10.0 Å². The second-order valence-corrected chi connectivity index (χ2v) is 8.73. The molecule has 0 unspecified atom stereocenters. The molecule has 0 aliphatic carbocycles. The molecule has 2 N–H and O–H groups in total. The normalized spacial score (nSPS) is 13.5. The van der Waals surface area contributed by atoms with E-state index in [-0.39, 0.29) is 22.1 Å². The van der Waals surface area contributed by atoms with Gasteiger partial charge in [-0.2, -0.15) is 4.72 Å². The second kappa shape index (κ2) is 9.36. The van der Waals surface area contributed by atoms with Gasteiger partial charge in [-0.25, -0.2) is 8.42 Å². The van der Waals surface area contributed by atoms with Gasteiger partial charge < -0.3 is 10.1 Å². The van der Waals surface area contributed by atoms with Gasteiger partial charge in [0.05, 0.1) is 6.10 Å². The zero-order valence-electron chi connectivity index (χ0n) is 14.0. The van der Waals surface area contributed by atoms with Gasteiger partial charge in [0.2, 0.25) is 5.91 Å². The molecule has 0 spiro atoms. The van der Waals surface area contributed by atoms with Crippen LogP contribution in [-0.2, 0) is 19.6 Å². The van der Waals surface area contributed by atoms with Crippen molar-refractivity contribution in [3.05, 3.63) is 17.5 Å². The first kappa shape index (κ1) is 20.1. The van der Waals surface area contributed by atoms with Crippen LogP contribution in [0.3, 0.4) is 0 Å². The Morgan fingerprint density at radius 1 is 1.30 bits per heavy atom. The monoisotopic (exact) mass is 362 g/mol. The van der Waals surface area contributed by atoms with Crippen molar-refractivity contribution in [2.75, 3.05) is 13.2 Å². The van der Waals surface area contributed by atoms with Crippen LogP contribution in [0.25, 0.3) is 0 Å². The van der Waals surface area contributed by atoms with Crippen LogP contribution in [0.2, 0.25) is 0 Å². The summed E-state index contributed by atoms with van der Waals surface area (Å²) in [5.41, 5.74) is 0. The SMILES string of the molecule is CC(C)OCCCNC(=O)[C@H](NS(=O)(=O)c1cccs1)C(C)C. The molecule has 0 bridgehead atoms. The molecule has 1 aromatic heterocycles. The minimum atomic E-state index is -3.67. The summed E-state index contributed by atoms with van der Waals surface area (Å²) in [4.78, 5) is 12.3. The highest BCUT2D eigenvalue weighted by Gasteiger charge is 2.28. The number of amides is 1. The maximum Gasteiger partial charge on any atom is 0.250 e. The standard InChI is InChI=1S/C15H26N2O4S2/c1-11(2)14(15(18)16-8-6-9-21-12(3)4)17-23(19,20)13-7-5-10-22-13/h5,7,10-12,14,17H,6,8-9H2,1-4H3,(H,16,18)/t14-/m1/s1. The molecule has 1 heterocycles. The highest BCUT2D eigenvalue weighted by atomic mass is 32.2. The molecule has 0 saturated carbocycles. The lowest BCUT2D eigenvalue weighted by molar-refractivity contribution is -0.123. The van der Waals surface area contributed by atoms with Gasteiger partial charge in [0.15, 0.2) is 0 Å². The largest absolute Gasteiger partial charge is 0.379 e. The van der Waals surface area contributed by atoms with Gasteiger partial charge in [0, 0.05) is 13.2 Å². The van der Waals surface area contributed by atoms with Crippen molar-refractivity contribution in [1.82, 2.24) is 10.0 Å². The van der Waals surface area contributed by atoms with E-state index in [4.69, 9.17) is 4.74 Å². The second-order valence-electron chi connectivity index (χ2n) is 5.84. The maximum absolute atomic E-state index is 12.3. The molecule has 0 radical (unpaired) electrons. The third-order valence-electron chi connectivity index (χ3n) is 3.06. The zero-order chi connectivity index (χ0) is 17.5. The number of carbonyl (C=O) groups excluding carboxylic acids is 1. The molecule has 1 atom stereocenters. The number of nitrogens with one attached hydrogen (secondary N) is 2. The van der Waals surface area contributed by atoms with Crippen LogP contribution in [0.5, 0.6) is 0 Å². The Kier molecular flexibility index (Phi) is 8.18. The van der Waals surface area contributed by atoms with Crippen molar-refractivity contribution in [2.24, 2.45) is 5.92 Å². The van der Waals surface area contributed by atoms with Crippen LogP contribution < -0.4 is 10.0 Å². The molecule has 1 aromatic rings. The Hall–Kier alpha value is -0.960. The fourth-order valence-corrected chi connectivity index (χ4v) is 4.20. The van der Waals surface area contributed by atoms with E-state index < -0.39 is 16.1 Å². The number of hydrogen-bond acceptors (Lipinski definition) is 5. The highest BCUT2D eigenvalue weighted by Crippen LogP contribution is 2.17. The van der Waals surface area contributed by atoms with Crippen molar-refractivity contribution >= 4 is 27.3 Å². The quantitative estimate of drug-likeness (QED) is 0.623. The third kappa shape index (κ3) is 6.99. The first-order valence-corrected chi connectivity index (χ1v) is 10.1. The molecule has 8 heteroatoms. The summed E-state index contributed by atoms with van der Waals surface area (Å²) < 4.78 is 32.6. The van der Waals surface area contributed by atoms with Crippen molar-refractivity contribution in [3.63, 3.8) is 0 Å². The summed E-state index contributed by atoms with van der Waals surface area (Å²) in [5, 5.41) is 4.45. The van der Waals surface area contributed by atoms with E-state index in [9.17, 15) is 13.2 Å². The number of rotatable bonds is 10. The molecular weight excluding hydrogens is 336 g/mol. The van der Waals surface area contributed by atoms with Gasteiger partial charge in [-0.3, -0.25) is 4.79 Å². The molecule has 23 heavy (non-hydrogen) atoms. The first-order valence-electron chi connectivity index (χ1n) is 7.69. The molecule has 0 aliphatic rings. The number of sulfonamides is 1. The molecule has 0 aliphatic heterocycles. The van der Waals surface area contributed by atoms with Crippen LogP contribution in [0.1, 0.15) is 34.1 Å². The Balaban J connectivity index is 2.56. The molecule has 0 fully saturated rings. The minimum absolute atomic E-state index is 0.156. The Bertz CT molecular complexity index is 568. The lowest BCUT2D eigenvalue weighted by atomic mass is 10.1. The summed E-state index contributed by atoms with van der Waals surface area (Å²) in [6.07, 6.45) is 0.846. The van der Waals surface area contributed by atoms with Gasteiger partial charge in [-0.1, -0.05) is 19.9 Å².